The second-order valence-electron chi connectivity index (χ2n) is 3.98. The minimum atomic E-state index is -3.52. The van der Waals surface area contributed by atoms with E-state index < -0.39 is 10.0 Å². The van der Waals surface area contributed by atoms with Crippen LogP contribution in [0.5, 0.6) is 0 Å². The van der Waals surface area contributed by atoms with E-state index >= 15 is 0 Å². The Bertz CT molecular complexity index is 525. The number of halogens is 1. The maximum Gasteiger partial charge on any atom is 0.252 e. The summed E-state index contributed by atoms with van der Waals surface area (Å²) in [4.78, 5) is 0.306. The Morgan fingerprint density at radius 2 is 2.17 bits per heavy atom. The van der Waals surface area contributed by atoms with Crippen molar-refractivity contribution in [1.29, 1.82) is 0 Å². The van der Waals surface area contributed by atoms with Crippen molar-refractivity contribution in [3.05, 3.63) is 16.5 Å². The van der Waals surface area contributed by atoms with Gasteiger partial charge in [0.25, 0.3) is 10.0 Å². The summed E-state index contributed by atoms with van der Waals surface area (Å²) in [6.07, 6.45) is 0.367. The molecule has 8 heteroatoms. The van der Waals surface area contributed by atoms with Crippen LogP contribution in [-0.2, 0) is 10.0 Å². The highest BCUT2D eigenvalue weighted by molar-refractivity contribution is 7.91. The zero-order chi connectivity index (χ0) is 13.9. The van der Waals surface area contributed by atoms with Gasteiger partial charge in [0.1, 0.15) is 4.21 Å². The number of thiocarbonyl (C=S) groups is 1. The van der Waals surface area contributed by atoms with Gasteiger partial charge in [-0.1, -0.05) is 23.8 Å². The van der Waals surface area contributed by atoms with Crippen molar-refractivity contribution < 1.29 is 8.42 Å². The highest BCUT2D eigenvalue weighted by Gasteiger charge is 2.28. The first-order valence-corrected chi connectivity index (χ1v) is 8.35. The molecule has 0 spiro atoms. The summed E-state index contributed by atoms with van der Waals surface area (Å²) in [6, 6.07) is 2.93. The molecule has 0 unspecified atom stereocenters. The first-order valence-electron chi connectivity index (χ1n) is 5.30. The summed E-state index contributed by atoms with van der Waals surface area (Å²) in [5.41, 5.74) is 5.42. The second-order valence-corrected chi connectivity index (χ2v) is 8.34. The number of thiophene rings is 1. The third kappa shape index (κ3) is 3.89. The second kappa shape index (κ2) is 6.29. The Labute approximate surface area is 122 Å². The van der Waals surface area contributed by atoms with Crippen molar-refractivity contribution in [1.82, 2.24) is 4.31 Å². The van der Waals surface area contributed by atoms with Crippen LogP contribution in [0.25, 0.3) is 0 Å². The molecule has 1 rings (SSSR count). The average Bonchev–Trinajstić information content (AvgIpc) is 2.64. The first-order chi connectivity index (χ1) is 8.25. The molecule has 0 bridgehead atoms. The van der Waals surface area contributed by atoms with Crippen LogP contribution in [0.15, 0.2) is 16.3 Å². The highest BCUT2D eigenvalue weighted by Crippen LogP contribution is 2.29. The molecule has 18 heavy (non-hydrogen) atoms. The third-order valence-electron chi connectivity index (χ3n) is 2.27. The lowest BCUT2D eigenvalue weighted by Crippen LogP contribution is -2.38. The SMILES string of the molecule is CC(C)N(CCC(N)=S)S(=O)(=O)c1ccc(Cl)s1. The Morgan fingerprint density at radius 3 is 2.56 bits per heavy atom. The molecule has 4 nitrogen and oxygen atoms in total. The monoisotopic (exact) mass is 326 g/mol. The Kier molecular flexibility index (Phi) is 5.54. The van der Waals surface area contributed by atoms with Gasteiger partial charge in [-0.3, -0.25) is 0 Å². The molecule has 1 aromatic rings. The van der Waals surface area contributed by atoms with Gasteiger partial charge in [0.2, 0.25) is 0 Å². The molecule has 0 saturated heterocycles. The van der Waals surface area contributed by atoms with Crippen molar-refractivity contribution >= 4 is 50.2 Å². The number of nitrogens with two attached hydrogens (primary N) is 1. The van der Waals surface area contributed by atoms with Gasteiger partial charge in [0.05, 0.1) is 9.32 Å². The summed E-state index contributed by atoms with van der Waals surface area (Å²) >= 11 is 11.6. The summed E-state index contributed by atoms with van der Waals surface area (Å²) in [7, 11) is -3.52. The number of rotatable bonds is 6. The Hall–Kier alpha value is -0.210. The lowest BCUT2D eigenvalue weighted by molar-refractivity contribution is 0.363. The highest BCUT2D eigenvalue weighted by atomic mass is 35.5. The quantitative estimate of drug-likeness (QED) is 0.816. The van der Waals surface area contributed by atoms with Crippen LogP contribution < -0.4 is 5.73 Å². The summed E-state index contributed by atoms with van der Waals surface area (Å²) in [5, 5.41) is 0. The van der Waals surface area contributed by atoms with Crippen LogP contribution >= 0.6 is 35.2 Å². The summed E-state index contributed by atoms with van der Waals surface area (Å²) in [6.45, 7) is 3.91. The minimum Gasteiger partial charge on any atom is -0.393 e. The summed E-state index contributed by atoms with van der Waals surface area (Å²) in [5.74, 6) is 0. The fourth-order valence-electron chi connectivity index (χ4n) is 1.43. The van der Waals surface area contributed by atoms with Crippen molar-refractivity contribution in [2.24, 2.45) is 5.73 Å². The van der Waals surface area contributed by atoms with Crippen molar-refractivity contribution in [2.45, 2.75) is 30.5 Å². The van der Waals surface area contributed by atoms with Crippen molar-refractivity contribution in [3.63, 3.8) is 0 Å². The molecule has 1 aromatic heterocycles. The van der Waals surface area contributed by atoms with Crippen LogP contribution in [0, 0.1) is 0 Å². The van der Waals surface area contributed by atoms with Crippen LogP contribution in [0.1, 0.15) is 20.3 Å². The molecule has 0 amide bonds. The predicted molar refractivity (Wildman–Crippen MR) is 79.8 cm³/mol. The topological polar surface area (TPSA) is 63.4 Å². The van der Waals surface area contributed by atoms with E-state index in [4.69, 9.17) is 29.6 Å². The van der Waals surface area contributed by atoms with E-state index in [-0.39, 0.29) is 16.8 Å². The number of hydrogen-bond acceptors (Lipinski definition) is 4. The smallest absolute Gasteiger partial charge is 0.252 e. The zero-order valence-electron chi connectivity index (χ0n) is 10.1. The third-order valence-corrected chi connectivity index (χ3v) is 6.24. The number of nitrogens with zero attached hydrogens (tertiary/aromatic N) is 1. The fraction of sp³-hybridized carbons (Fsp3) is 0.500. The molecule has 1 heterocycles. The van der Waals surface area contributed by atoms with Gasteiger partial charge in [0, 0.05) is 19.0 Å². The predicted octanol–water partition coefficient (Wildman–Crippen LogP) is 2.48. The molecule has 0 radical (unpaired) electrons. The lowest BCUT2D eigenvalue weighted by Gasteiger charge is -2.24. The van der Waals surface area contributed by atoms with Gasteiger partial charge in [-0.05, 0) is 26.0 Å². The van der Waals surface area contributed by atoms with Crippen LogP contribution in [0.3, 0.4) is 0 Å². The summed E-state index contributed by atoms with van der Waals surface area (Å²) < 4.78 is 26.9. The standard InChI is InChI=1S/C10H15ClN2O2S3/c1-7(2)13(6-5-9(12)16)18(14,15)10-4-3-8(11)17-10/h3-4,7H,5-6H2,1-2H3,(H2,12,16). The van der Waals surface area contributed by atoms with Gasteiger partial charge in [-0.15, -0.1) is 11.3 Å². The van der Waals surface area contributed by atoms with Crippen molar-refractivity contribution in [2.75, 3.05) is 6.54 Å². The molecule has 0 aliphatic heterocycles. The molecule has 0 aromatic carbocycles. The van der Waals surface area contributed by atoms with E-state index in [0.29, 0.717) is 15.7 Å². The lowest BCUT2D eigenvalue weighted by atomic mass is 10.3. The normalized spacial score (nSPS) is 12.3. The van der Waals surface area contributed by atoms with Crippen LogP contribution in [-0.4, -0.2) is 30.3 Å². The fourth-order valence-corrected chi connectivity index (χ4v) is 4.77. The van der Waals surface area contributed by atoms with Crippen LogP contribution in [0.2, 0.25) is 4.34 Å². The van der Waals surface area contributed by atoms with Gasteiger partial charge in [-0.25, -0.2) is 8.42 Å². The molecule has 2 N–H and O–H groups in total. The maximum absolute atomic E-state index is 12.4. The molecule has 0 saturated carbocycles. The Balaban J connectivity index is 3.01. The minimum absolute atomic E-state index is 0.162. The molecule has 102 valence electrons. The number of sulfonamides is 1. The van der Waals surface area contributed by atoms with E-state index in [1.165, 1.54) is 10.4 Å². The molecular formula is C10H15ClN2O2S3. The van der Waals surface area contributed by atoms with E-state index in [0.717, 1.165) is 11.3 Å². The largest absolute Gasteiger partial charge is 0.393 e. The van der Waals surface area contributed by atoms with E-state index in [1.807, 2.05) is 13.8 Å². The zero-order valence-corrected chi connectivity index (χ0v) is 13.3. The average molecular weight is 327 g/mol. The molecular weight excluding hydrogens is 312 g/mol. The van der Waals surface area contributed by atoms with E-state index in [1.54, 1.807) is 6.07 Å². The number of hydrogen-bond donors (Lipinski definition) is 1. The molecule has 0 aliphatic rings. The van der Waals surface area contributed by atoms with Gasteiger partial charge >= 0.3 is 0 Å². The molecule has 0 aliphatic carbocycles. The van der Waals surface area contributed by atoms with Crippen LogP contribution in [0.4, 0.5) is 0 Å². The van der Waals surface area contributed by atoms with E-state index in [9.17, 15) is 8.42 Å². The van der Waals surface area contributed by atoms with Gasteiger partial charge in [-0.2, -0.15) is 4.31 Å². The van der Waals surface area contributed by atoms with Crippen molar-refractivity contribution in [3.8, 4) is 0 Å². The Morgan fingerprint density at radius 1 is 1.56 bits per heavy atom. The van der Waals surface area contributed by atoms with E-state index in [2.05, 4.69) is 0 Å². The first kappa shape index (κ1) is 15.8. The van der Waals surface area contributed by atoms with Gasteiger partial charge in [0.15, 0.2) is 0 Å². The molecule has 0 fully saturated rings. The maximum atomic E-state index is 12.4. The molecule has 0 atom stereocenters. The van der Waals surface area contributed by atoms with Gasteiger partial charge < -0.3 is 5.73 Å².